The van der Waals surface area contributed by atoms with Gasteiger partial charge in [0.25, 0.3) is 0 Å². The number of hydrogen-bond donors (Lipinski definition) is 1. The van der Waals surface area contributed by atoms with Gasteiger partial charge >= 0.3 is 5.97 Å². The number of aromatic nitrogens is 3. The van der Waals surface area contributed by atoms with Gasteiger partial charge in [-0.15, -0.1) is 0 Å². The van der Waals surface area contributed by atoms with E-state index in [9.17, 15) is 9.59 Å². The van der Waals surface area contributed by atoms with Gasteiger partial charge in [0.1, 0.15) is 6.61 Å². The maximum Gasteiger partial charge on any atom is 0.337 e. The molecule has 2 aromatic rings. The SMILES string of the molecule is COCC(=O)N1CC[C@@H](Cc2cnc(-c3cncc(C(=O)O)c3)cn2)C1. The molecule has 3 heterocycles. The zero-order valence-electron chi connectivity index (χ0n) is 14.5. The Labute approximate surface area is 150 Å². The molecular formula is C18H20N4O4. The number of methoxy groups -OCH3 is 1. The fourth-order valence-electron chi connectivity index (χ4n) is 3.04. The lowest BCUT2D eigenvalue weighted by molar-refractivity contribution is -0.134. The van der Waals surface area contributed by atoms with Crippen LogP contribution in [0.3, 0.4) is 0 Å². The van der Waals surface area contributed by atoms with Gasteiger partial charge in [-0.25, -0.2) is 4.79 Å². The van der Waals surface area contributed by atoms with Gasteiger partial charge < -0.3 is 14.7 Å². The number of nitrogens with zero attached hydrogens (tertiary/aromatic N) is 4. The van der Waals surface area contributed by atoms with E-state index >= 15 is 0 Å². The molecule has 1 N–H and O–H groups in total. The van der Waals surface area contributed by atoms with Crippen molar-refractivity contribution in [1.29, 1.82) is 0 Å². The van der Waals surface area contributed by atoms with Gasteiger partial charge in [0.2, 0.25) is 5.91 Å². The van der Waals surface area contributed by atoms with Crippen LogP contribution in [0.2, 0.25) is 0 Å². The number of carbonyl (C=O) groups is 2. The number of ether oxygens (including phenoxy) is 1. The summed E-state index contributed by atoms with van der Waals surface area (Å²) in [5, 5.41) is 9.04. The average Bonchev–Trinajstić information content (AvgIpc) is 3.11. The number of carbonyl (C=O) groups excluding carboxylic acids is 1. The number of amides is 1. The van der Waals surface area contributed by atoms with Crippen LogP contribution in [-0.4, -0.2) is 63.6 Å². The number of aromatic carboxylic acids is 1. The molecule has 1 aliphatic heterocycles. The maximum atomic E-state index is 11.8. The van der Waals surface area contributed by atoms with E-state index in [0.29, 0.717) is 23.7 Å². The fourth-order valence-corrected chi connectivity index (χ4v) is 3.04. The molecule has 0 unspecified atom stereocenters. The van der Waals surface area contributed by atoms with Crippen LogP contribution in [0, 0.1) is 5.92 Å². The van der Waals surface area contributed by atoms with Crippen molar-refractivity contribution in [2.45, 2.75) is 12.8 Å². The quantitative estimate of drug-likeness (QED) is 0.831. The molecule has 8 heteroatoms. The highest BCUT2D eigenvalue weighted by molar-refractivity contribution is 5.88. The minimum absolute atomic E-state index is 0.0160. The molecule has 2 aromatic heterocycles. The van der Waals surface area contributed by atoms with Crippen LogP contribution in [-0.2, 0) is 16.0 Å². The Balaban J connectivity index is 1.63. The molecule has 26 heavy (non-hydrogen) atoms. The molecule has 0 radical (unpaired) electrons. The second kappa shape index (κ2) is 8.01. The monoisotopic (exact) mass is 356 g/mol. The molecule has 8 nitrogen and oxygen atoms in total. The molecule has 136 valence electrons. The molecule has 1 fully saturated rings. The zero-order valence-corrected chi connectivity index (χ0v) is 14.5. The summed E-state index contributed by atoms with van der Waals surface area (Å²) in [6.07, 6.45) is 7.86. The zero-order chi connectivity index (χ0) is 18.5. The second-order valence-corrected chi connectivity index (χ2v) is 6.29. The van der Waals surface area contributed by atoms with E-state index in [1.165, 1.54) is 19.4 Å². The average molecular weight is 356 g/mol. The summed E-state index contributed by atoms with van der Waals surface area (Å²) >= 11 is 0. The molecule has 1 aliphatic rings. The summed E-state index contributed by atoms with van der Waals surface area (Å²) in [6.45, 7) is 1.56. The van der Waals surface area contributed by atoms with Crippen molar-refractivity contribution < 1.29 is 19.4 Å². The van der Waals surface area contributed by atoms with Crippen molar-refractivity contribution in [2.24, 2.45) is 5.92 Å². The highest BCUT2D eigenvalue weighted by Gasteiger charge is 2.26. The summed E-state index contributed by atoms with van der Waals surface area (Å²) < 4.78 is 4.89. The molecule has 0 aromatic carbocycles. The number of rotatable bonds is 6. The highest BCUT2D eigenvalue weighted by Crippen LogP contribution is 2.21. The minimum atomic E-state index is -1.03. The van der Waals surface area contributed by atoms with Crippen LogP contribution in [0.25, 0.3) is 11.3 Å². The topological polar surface area (TPSA) is 106 Å². The number of carboxylic acids is 1. The van der Waals surface area contributed by atoms with Crippen molar-refractivity contribution >= 4 is 11.9 Å². The number of carboxylic acid groups (broad SMARTS) is 1. The highest BCUT2D eigenvalue weighted by atomic mass is 16.5. The van der Waals surface area contributed by atoms with Crippen LogP contribution in [0.4, 0.5) is 0 Å². The molecule has 0 spiro atoms. The lowest BCUT2D eigenvalue weighted by atomic mass is 10.0. The van der Waals surface area contributed by atoms with Crippen molar-refractivity contribution in [2.75, 3.05) is 26.8 Å². The number of hydrogen-bond acceptors (Lipinski definition) is 6. The van der Waals surface area contributed by atoms with Gasteiger partial charge in [0.05, 0.1) is 23.1 Å². The molecule has 0 aliphatic carbocycles. The van der Waals surface area contributed by atoms with E-state index in [0.717, 1.165) is 25.1 Å². The van der Waals surface area contributed by atoms with Gasteiger partial charge in [-0.05, 0) is 24.8 Å². The predicted octanol–water partition coefficient (Wildman–Crippen LogP) is 1.27. The Kier molecular flexibility index (Phi) is 5.52. The normalized spacial score (nSPS) is 16.7. The van der Waals surface area contributed by atoms with Crippen molar-refractivity contribution in [3.8, 4) is 11.3 Å². The molecule has 1 saturated heterocycles. The fraction of sp³-hybridized carbons (Fsp3) is 0.389. The lowest BCUT2D eigenvalue weighted by Crippen LogP contribution is -2.31. The van der Waals surface area contributed by atoms with Gasteiger partial charge in [0, 0.05) is 44.4 Å². The van der Waals surface area contributed by atoms with Crippen LogP contribution in [0.15, 0.2) is 30.9 Å². The van der Waals surface area contributed by atoms with E-state index < -0.39 is 5.97 Å². The maximum absolute atomic E-state index is 11.8. The van der Waals surface area contributed by atoms with Crippen LogP contribution in [0.1, 0.15) is 22.5 Å². The van der Waals surface area contributed by atoms with Crippen LogP contribution in [0.5, 0.6) is 0 Å². The molecule has 0 saturated carbocycles. The van der Waals surface area contributed by atoms with Crippen molar-refractivity contribution in [3.63, 3.8) is 0 Å². The summed E-state index contributed by atoms with van der Waals surface area (Å²) in [5.74, 6) is -0.659. The first-order chi connectivity index (χ1) is 12.6. The first kappa shape index (κ1) is 17.9. The van der Waals surface area contributed by atoms with Gasteiger partial charge in [0.15, 0.2) is 0 Å². The Hall–Kier alpha value is -2.87. The van der Waals surface area contributed by atoms with E-state index in [1.54, 1.807) is 18.6 Å². The summed E-state index contributed by atoms with van der Waals surface area (Å²) in [5.41, 5.74) is 2.15. The predicted molar refractivity (Wildman–Crippen MR) is 92.5 cm³/mol. The Bertz CT molecular complexity index is 794. The standard InChI is InChI=1S/C18H20N4O4/c1-26-11-17(23)22-3-2-12(10-22)4-15-8-21-16(9-20-15)13-5-14(18(24)25)7-19-6-13/h5-9,12H,2-4,10-11H2,1H3,(H,24,25)/t12-/m0/s1. The third-order valence-corrected chi connectivity index (χ3v) is 4.39. The smallest absolute Gasteiger partial charge is 0.337 e. The van der Waals surface area contributed by atoms with Crippen molar-refractivity contribution in [1.82, 2.24) is 19.9 Å². The summed E-state index contributed by atoms with van der Waals surface area (Å²) in [6, 6.07) is 1.52. The van der Waals surface area contributed by atoms with Crippen LogP contribution < -0.4 is 0 Å². The Morgan fingerprint density at radius 1 is 1.27 bits per heavy atom. The molecule has 1 atom stereocenters. The molecule has 1 amide bonds. The summed E-state index contributed by atoms with van der Waals surface area (Å²) in [7, 11) is 1.52. The number of pyridine rings is 1. The van der Waals surface area contributed by atoms with Crippen LogP contribution >= 0.6 is 0 Å². The van der Waals surface area contributed by atoms with Gasteiger partial charge in [-0.1, -0.05) is 0 Å². The first-order valence-electron chi connectivity index (χ1n) is 8.33. The van der Waals surface area contributed by atoms with Gasteiger partial charge in [-0.2, -0.15) is 0 Å². The third-order valence-electron chi connectivity index (χ3n) is 4.39. The van der Waals surface area contributed by atoms with E-state index in [-0.39, 0.29) is 18.1 Å². The Morgan fingerprint density at radius 3 is 2.81 bits per heavy atom. The van der Waals surface area contributed by atoms with E-state index in [2.05, 4.69) is 15.0 Å². The largest absolute Gasteiger partial charge is 0.478 e. The minimum Gasteiger partial charge on any atom is -0.478 e. The lowest BCUT2D eigenvalue weighted by Gasteiger charge is -2.15. The van der Waals surface area contributed by atoms with E-state index in [1.807, 2.05) is 4.90 Å². The summed E-state index contributed by atoms with van der Waals surface area (Å²) in [4.78, 5) is 37.4. The molecule has 3 rings (SSSR count). The second-order valence-electron chi connectivity index (χ2n) is 6.29. The first-order valence-corrected chi connectivity index (χ1v) is 8.33. The van der Waals surface area contributed by atoms with Gasteiger partial charge in [-0.3, -0.25) is 19.7 Å². The third kappa shape index (κ3) is 4.20. The molecule has 0 bridgehead atoms. The number of likely N-dealkylation sites (tertiary alicyclic amines) is 1. The van der Waals surface area contributed by atoms with E-state index in [4.69, 9.17) is 9.84 Å². The van der Waals surface area contributed by atoms with Crippen molar-refractivity contribution in [3.05, 3.63) is 42.1 Å². The Morgan fingerprint density at radius 2 is 2.12 bits per heavy atom. The molecular weight excluding hydrogens is 336 g/mol.